The molecular formula is C29H30FN3O. The highest BCUT2D eigenvalue weighted by Gasteiger charge is 2.49. The Morgan fingerprint density at radius 1 is 0.941 bits per heavy atom. The second kappa shape index (κ2) is 10.5. The molecule has 2 aliphatic rings. The van der Waals surface area contributed by atoms with Crippen molar-refractivity contribution >= 4 is 0 Å². The zero-order chi connectivity index (χ0) is 23.3. The van der Waals surface area contributed by atoms with Crippen molar-refractivity contribution in [1.82, 2.24) is 14.8 Å². The fraction of sp³-hybridized carbons (Fsp3) is 0.345. The lowest BCUT2D eigenvalue weighted by atomic mass is 9.74. The number of halogens is 1. The van der Waals surface area contributed by atoms with Crippen LogP contribution in [0.3, 0.4) is 0 Å². The van der Waals surface area contributed by atoms with Gasteiger partial charge in [-0.25, -0.2) is 4.39 Å². The van der Waals surface area contributed by atoms with Gasteiger partial charge in [-0.05, 0) is 61.8 Å². The van der Waals surface area contributed by atoms with Crippen LogP contribution >= 0.6 is 0 Å². The fourth-order valence-corrected chi connectivity index (χ4v) is 5.39. The number of hydrogen-bond donors (Lipinski definition) is 1. The predicted molar refractivity (Wildman–Crippen MR) is 132 cm³/mol. The van der Waals surface area contributed by atoms with Crippen LogP contribution in [-0.4, -0.2) is 58.2 Å². The van der Waals surface area contributed by atoms with E-state index in [1.807, 2.05) is 24.3 Å². The molecule has 0 spiro atoms. The molecule has 1 N–H and O–H groups in total. The summed E-state index contributed by atoms with van der Waals surface area (Å²) in [4.78, 5) is 8.94. The molecule has 3 atom stereocenters. The van der Waals surface area contributed by atoms with Gasteiger partial charge in [0.2, 0.25) is 0 Å². The quantitative estimate of drug-likeness (QED) is 0.603. The van der Waals surface area contributed by atoms with E-state index in [0.29, 0.717) is 12.6 Å². The minimum Gasteiger partial charge on any atom is -0.395 e. The van der Waals surface area contributed by atoms with Gasteiger partial charge < -0.3 is 5.11 Å². The van der Waals surface area contributed by atoms with Gasteiger partial charge in [0, 0.05) is 60.2 Å². The van der Waals surface area contributed by atoms with Crippen molar-refractivity contribution in [2.75, 3.05) is 26.2 Å². The third kappa shape index (κ3) is 4.90. The standard InChI is InChI=1S/C29H30FN3O/c30-26-8-2-1-7-25(26)19-32-16-3-4-17-33-27(20-32)29(28(33)21-34)24-13-11-22(12-14-24)9-10-23-6-5-15-31-18-23/h1-2,5-8,11-15,18,27-29,34H,3-4,16-17,19-21H2/t27-,28+,29-/m1/s1. The van der Waals surface area contributed by atoms with Gasteiger partial charge in [0.25, 0.3) is 0 Å². The Hall–Kier alpha value is -3.04. The SMILES string of the molecule is OC[C@H]1[C@H](c2ccc(C#Cc3cccnc3)cc2)[C@H]2CN(Cc3ccccc3F)CCCCN21. The average molecular weight is 456 g/mol. The van der Waals surface area contributed by atoms with E-state index in [4.69, 9.17) is 0 Å². The molecular weight excluding hydrogens is 425 g/mol. The number of aromatic nitrogens is 1. The highest BCUT2D eigenvalue weighted by atomic mass is 19.1. The smallest absolute Gasteiger partial charge is 0.127 e. The molecule has 3 heterocycles. The molecule has 2 saturated heterocycles. The largest absolute Gasteiger partial charge is 0.395 e. The van der Waals surface area contributed by atoms with E-state index in [1.54, 1.807) is 24.5 Å². The lowest BCUT2D eigenvalue weighted by Crippen LogP contribution is -2.67. The topological polar surface area (TPSA) is 39.6 Å². The summed E-state index contributed by atoms with van der Waals surface area (Å²) >= 11 is 0. The van der Waals surface area contributed by atoms with Crippen molar-refractivity contribution in [3.05, 3.63) is 101 Å². The van der Waals surface area contributed by atoms with Crippen molar-refractivity contribution in [2.24, 2.45) is 0 Å². The number of pyridine rings is 1. The maximum absolute atomic E-state index is 14.3. The van der Waals surface area contributed by atoms with E-state index in [9.17, 15) is 9.50 Å². The monoisotopic (exact) mass is 455 g/mol. The number of benzene rings is 2. The summed E-state index contributed by atoms with van der Waals surface area (Å²) in [6.07, 6.45) is 5.69. The van der Waals surface area contributed by atoms with Crippen molar-refractivity contribution in [2.45, 2.75) is 37.4 Å². The molecule has 34 heavy (non-hydrogen) atoms. The normalized spacial score (nSPS) is 23.1. The second-order valence-electron chi connectivity index (χ2n) is 9.23. The molecule has 1 aromatic heterocycles. The first-order valence-electron chi connectivity index (χ1n) is 12.1. The Morgan fingerprint density at radius 2 is 1.74 bits per heavy atom. The molecule has 5 heteroatoms. The number of hydrogen-bond acceptors (Lipinski definition) is 4. The molecule has 0 bridgehead atoms. The molecule has 0 amide bonds. The van der Waals surface area contributed by atoms with Gasteiger partial charge >= 0.3 is 0 Å². The van der Waals surface area contributed by atoms with Gasteiger partial charge in [-0.2, -0.15) is 0 Å². The number of nitrogens with zero attached hydrogens (tertiary/aromatic N) is 3. The number of rotatable bonds is 4. The fourth-order valence-electron chi connectivity index (χ4n) is 5.39. The van der Waals surface area contributed by atoms with Crippen molar-refractivity contribution in [3.8, 4) is 11.8 Å². The molecule has 5 rings (SSSR count). The van der Waals surface area contributed by atoms with Crippen LogP contribution < -0.4 is 0 Å². The van der Waals surface area contributed by atoms with Crippen molar-refractivity contribution in [3.63, 3.8) is 0 Å². The highest BCUT2D eigenvalue weighted by Crippen LogP contribution is 2.42. The molecule has 4 nitrogen and oxygen atoms in total. The summed E-state index contributed by atoms with van der Waals surface area (Å²) in [5.74, 6) is 6.48. The second-order valence-corrected chi connectivity index (χ2v) is 9.23. The average Bonchev–Trinajstić information content (AvgIpc) is 2.86. The molecule has 0 aliphatic carbocycles. The van der Waals surface area contributed by atoms with E-state index in [-0.39, 0.29) is 24.4 Å². The molecule has 174 valence electrons. The number of fused-ring (bicyclic) bond motifs is 1. The van der Waals surface area contributed by atoms with Crippen LogP contribution in [0.5, 0.6) is 0 Å². The van der Waals surface area contributed by atoms with Gasteiger partial charge in [-0.15, -0.1) is 0 Å². The van der Waals surface area contributed by atoms with Crippen LogP contribution in [0.25, 0.3) is 0 Å². The van der Waals surface area contributed by atoms with E-state index >= 15 is 0 Å². The molecule has 3 aromatic rings. The Bertz CT molecular complexity index is 1160. The molecule has 0 unspecified atom stereocenters. The highest BCUT2D eigenvalue weighted by molar-refractivity contribution is 5.43. The van der Waals surface area contributed by atoms with E-state index in [2.05, 4.69) is 50.9 Å². The van der Waals surface area contributed by atoms with Crippen molar-refractivity contribution in [1.29, 1.82) is 0 Å². The van der Waals surface area contributed by atoms with Crippen molar-refractivity contribution < 1.29 is 9.50 Å². The zero-order valence-corrected chi connectivity index (χ0v) is 19.3. The maximum Gasteiger partial charge on any atom is 0.127 e. The third-order valence-electron chi connectivity index (χ3n) is 7.11. The Morgan fingerprint density at radius 3 is 2.50 bits per heavy atom. The summed E-state index contributed by atoms with van der Waals surface area (Å²) in [6, 6.07) is 19.8. The molecule has 0 saturated carbocycles. The van der Waals surface area contributed by atoms with Crippen LogP contribution in [-0.2, 0) is 6.54 Å². The van der Waals surface area contributed by atoms with Crippen LogP contribution in [0.15, 0.2) is 73.1 Å². The summed E-state index contributed by atoms with van der Waals surface area (Å²) in [5, 5.41) is 10.2. The van der Waals surface area contributed by atoms with Crippen LogP contribution in [0.1, 0.15) is 41.0 Å². The van der Waals surface area contributed by atoms with Crippen LogP contribution in [0.2, 0.25) is 0 Å². The molecule has 2 aliphatic heterocycles. The first kappa shape index (κ1) is 22.7. The van der Waals surface area contributed by atoms with Crippen LogP contribution in [0, 0.1) is 17.7 Å². The van der Waals surface area contributed by atoms with Gasteiger partial charge in [0.05, 0.1) is 6.61 Å². The summed E-state index contributed by atoms with van der Waals surface area (Å²) in [7, 11) is 0. The Balaban J connectivity index is 1.33. The summed E-state index contributed by atoms with van der Waals surface area (Å²) < 4.78 is 14.3. The van der Waals surface area contributed by atoms with Gasteiger partial charge in [0.1, 0.15) is 5.82 Å². The number of aliphatic hydroxyl groups is 1. The Kier molecular flexibility index (Phi) is 7.01. The maximum atomic E-state index is 14.3. The van der Waals surface area contributed by atoms with Gasteiger partial charge in [-0.1, -0.05) is 42.2 Å². The Labute approximate surface area is 201 Å². The number of aliphatic hydroxyl groups excluding tert-OH is 1. The van der Waals surface area contributed by atoms with Gasteiger partial charge in [-0.3, -0.25) is 14.8 Å². The lowest BCUT2D eigenvalue weighted by molar-refractivity contribution is -0.0656. The molecule has 0 radical (unpaired) electrons. The minimum atomic E-state index is -0.136. The first-order chi connectivity index (χ1) is 16.7. The molecule has 2 fully saturated rings. The lowest BCUT2D eigenvalue weighted by Gasteiger charge is -2.57. The molecule has 2 aromatic carbocycles. The predicted octanol–water partition coefficient (Wildman–Crippen LogP) is 4.05. The first-order valence-corrected chi connectivity index (χ1v) is 12.1. The third-order valence-corrected chi connectivity index (χ3v) is 7.11. The minimum absolute atomic E-state index is 0.130. The van der Waals surface area contributed by atoms with Gasteiger partial charge in [0.15, 0.2) is 0 Å². The zero-order valence-electron chi connectivity index (χ0n) is 19.3. The van der Waals surface area contributed by atoms with Crippen LogP contribution in [0.4, 0.5) is 4.39 Å². The van der Waals surface area contributed by atoms with E-state index in [0.717, 1.165) is 49.2 Å². The summed E-state index contributed by atoms with van der Waals surface area (Å²) in [6.45, 7) is 3.62. The van der Waals surface area contributed by atoms with E-state index < -0.39 is 0 Å². The summed E-state index contributed by atoms with van der Waals surface area (Å²) in [5.41, 5.74) is 3.84. The van der Waals surface area contributed by atoms with E-state index in [1.165, 1.54) is 5.56 Å².